The summed E-state index contributed by atoms with van der Waals surface area (Å²) in [5.41, 5.74) is 2.39. The van der Waals surface area contributed by atoms with Crippen LogP contribution in [-0.4, -0.2) is 12.1 Å². The Morgan fingerprint density at radius 1 is 1.32 bits per heavy atom. The summed E-state index contributed by atoms with van der Waals surface area (Å²) in [5.74, 6) is 0.784. The van der Waals surface area contributed by atoms with Crippen LogP contribution in [-0.2, 0) is 6.42 Å². The Labute approximate surface area is 111 Å². The predicted molar refractivity (Wildman–Crippen MR) is 72.3 cm³/mol. The fourth-order valence-corrected chi connectivity index (χ4v) is 1.98. The number of aromatic amines is 1. The highest BCUT2D eigenvalue weighted by molar-refractivity contribution is 5.40. The summed E-state index contributed by atoms with van der Waals surface area (Å²) in [7, 11) is 1.61. The van der Waals surface area contributed by atoms with Gasteiger partial charge in [-0.05, 0) is 42.7 Å². The van der Waals surface area contributed by atoms with Crippen LogP contribution in [0.4, 0.5) is 0 Å². The molecule has 0 unspecified atom stereocenters. The minimum absolute atomic E-state index is 0.182. The number of nitrogens with zero attached hydrogens (tertiary/aromatic N) is 1. The van der Waals surface area contributed by atoms with Gasteiger partial charge in [0.15, 0.2) is 0 Å². The molecule has 2 aromatic rings. The zero-order valence-electron chi connectivity index (χ0n) is 10.9. The molecule has 0 spiro atoms. The van der Waals surface area contributed by atoms with Crippen molar-refractivity contribution in [2.75, 3.05) is 7.11 Å². The Kier molecular flexibility index (Phi) is 3.67. The number of nitrogens with one attached hydrogen (secondary N) is 1. The van der Waals surface area contributed by atoms with Gasteiger partial charge in [-0.2, -0.15) is 5.26 Å². The number of nitriles is 1. The van der Waals surface area contributed by atoms with Gasteiger partial charge in [-0.1, -0.05) is 12.1 Å². The van der Waals surface area contributed by atoms with E-state index < -0.39 is 0 Å². The van der Waals surface area contributed by atoms with Crippen molar-refractivity contribution >= 4 is 0 Å². The zero-order chi connectivity index (χ0) is 13.8. The number of ether oxygens (including phenoxy) is 1. The van der Waals surface area contributed by atoms with E-state index >= 15 is 0 Å². The lowest BCUT2D eigenvalue weighted by atomic mass is 10.0. The predicted octanol–water partition coefficient (Wildman–Crippen LogP) is 2.15. The van der Waals surface area contributed by atoms with E-state index in [1.54, 1.807) is 14.0 Å². The number of hydrogen-bond donors (Lipinski definition) is 1. The molecule has 0 radical (unpaired) electrons. The molecule has 0 atom stereocenters. The number of H-pyrrole nitrogens is 1. The number of aryl methyl sites for hydroxylation is 1. The fourth-order valence-electron chi connectivity index (χ4n) is 1.98. The van der Waals surface area contributed by atoms with Gasteiger partial charge in [0.1, 0.15) is 17.4 Å². The van der Waals surface area contributed by atoms with Crippen LogP contribution in [0.3, 0.4) is 0 Å². The Balaban J connectivity index is 2.37. The Morgan fingerprint density at radius 3 is 2.58 bits per heavy atom. The average Bonchev–Trinajstić information content (AvgIpc) is 2.39. The van der Waals surface area contributed by atoms with Gasteiger partial charge in [0.05, 0.1) is 7.11 Å². The van der Waals surface area contributed by atoms with E-state index in [2.05, 4.69) is 4.98 Å². The van der Waals surface area contributed by atoms with Gasteiger partial charge in [-0.3, -0.25) is 4.79 Å². The van der Waals surface area contributed by atoms with Crippen molar-refractivity contribution in [1.82, 2.24) is 4.98 Å². The second kappa shape index (κ2) is 5.40. The van der Waals surface area contributed by atoms with Crippen LogP contribution in [0.1, 0.15) is 22.4 Å². The van der Waals surface area contributed by atoms with E-state index in [4.69, 9.17) is 10.00 Å². The largest absolute Gasteiger partial charge is 0.497 e. The molecule has 0 aliphatic heterocycles. The topological polar surface area (TPSA) is 65.9 Å². The van der Waals surface area contributed by atoms with E-state index in [0.717, 1.165) is 22.6 Å². The van der Waals surface area contributed by atoms with Crippen molar-refractivity contribution in [3.63, 3.8) is 0 Å². The maximum atomic E-state index is 11.7. The van der Waals surface area contributed by atoms with Crippen LogP contribution in [0.2, 0.25) is 0 Å². The van der Waals surface area contributed by atoms with Crippen LogP contribution in [0.15, 0.2) is 35.1 Å². The van der Waals surface area contributed by atoms with Gasteiger partial charge in [0.25, 0.3) is 5.56 Å². The molecular weight excluding hydrogens is 240 g/mol. The zero-order valence-corrected chi connectivity index (χ0v) is 10.9. The summed E-state index contributed by atoms with van der Waals surface area (Å²) in [6.07, 6.45) is 0.553. The third-order valence-corrected chi connectivity index (χ3v) is 2.92. The number of rotatable bonds is 3. The van der Waals surface area contributed by atoms with Crippen molar-refractivity contribution in [2.24, 2.45) is 0 Å². The molecular formula is C15H14N2O2. The smallest absolute Gasteiger partial charge is 0.266 e. The third kappa shape index (κ3) is 2.83. The minimum Gasteiger partial charge on any atom is -0.497 e. The highest BCUT2D eigenvalue weighted by atomic mass is 16.5. The summed E-state index contributed by atoms with van der Waals surface area (Å²) >= 11 is 0. The maximum Gasteiger partial charge on any atom is 0.266 e. The minimum atomic E-state index is -0.328. The quantitative estimate of drug-likeness (QED) is 0.912. The molecule has 4 heteroatoms. The van der Waals surface area contributed by atoms with E-state index in [9.17, 15) is 4.79 Å². The molecule has 1 aromatic carbocycles. The lowest BCUT2D eigenvalue weighted by Crippen LogP contribution is -2.14. The van der Waals surface area contributed by atoms with Gasteiger partial charge in [0.2, 0.25) is 0 Å². The first-order valence-corrected chi connectivity index (χ1v) is 5.90. The van der Waals surface area contributed by atoms with Crippen molar-refractivity contribution in [1.29, 1.82) is 5.26 Å². The molecule has 0 aliphatic rings. The van der Waals surface area contributed by atoms with Crippen LogP contribution in [0.5, 0.6) is 5.75 Å². The molecule has 0 aliphatic carbocycles. The summed E-state index contributed by atoms with van der Waals surface area (Å²) in [5, 5.41) is 9.06. The average molecular weight is 254 g/mol. The summed E-state index contributed by atoms with van der Waals surface area (Å²) in [4.78, 5) is 14.3. The van der Waals surface area contributed by atoms with Gasteiger partial charge < -0.3 is 9.72 Å². The number of benzene rings is 1. The second-order valence-corrected chi connectivity index (χ2v) is 4.32. The van der Waals surface area contributed by atoms with E-state index in [1.165, 1.54) is 0 Å². The molecule has 1 N–H and O–H groups in total. The van der Waals surface area contributed by atoms with Gasteiger partial charge >= 0.3 is 0 Å². The van der Waals surface area contributed by atoms with Crippen LogP contribution < -0.4 is 10.3 Å². The van der Waals surface area contributed by atoms with E-state index in [0.29, 0.717) is 6.42 Å². The van der Waals surface area contributed by atoms with E-state index in [-0.39, 0.29) is 11.1 Å². The molecule has 0 amide bonds. The lowest BCUT2D eigenvalue weighted by Gasteiger charge is -2.06. The number of methoxy groups -OCH3 is 1. The van der Waals surface area contributed by atoms with E-state index in [1.807, 2.05) is 36.4 Å². The summed E-state index contributed by atoms with van der Waals surface area (Å²) in [6, 6.07) is 11.4. The van der Waals surface area contributed by atoms with Crippen molar-refractivity contribution in [3.8, 4) is 11.8 Å². The van der Waals surface area contributed by atoms with Crippen LogP contribution in [0, 0.1) is 18.3 Å². The van der Waals surface area contributed by atoms with Crippen LogP contribution >= 0.6 is 0 Å². The molecule has 96 valence electrons. The van der Waals surface area contributed by atoms with Crippen molar-refractivity contribution in [2.45, 2.75) is 13.3 Å². The number of aromatic nitrogens is 1. The summed E-state index contributed by atoms with van der Waals surface area (Å²) in [6.45, 7) is 1.81. The molecule has 0 fully saturated rings. The molecule has 19 heavy (non-hydrogen) atoms. The normalized spacial score (nSPS) is 9.95. The highest BCUT2D eigenvalue weighted by Crippen LogP contribution is 2.16. The number of hydrogen-bond acceptors (Lipinski definition) is 3. The van der Waals surface area contributed by atoms with Crippen LogP contribution in [0.25, 0.3) is 0 Å². The first-order valence-electron chi connectivity index (χ1n) is 5.90. The third-order valence-electron chi connectivity index (χ3n) is 2.92. The van der Waals surface area contributed by atoms with Crippen molar-refractivity contribution in [3.05, 3.63) is 63.1 Å². The van der Waals surface area contributed by atoms with Crippen molar-refractivity contribution < 1.29 is 4.74 Å². The SMILES string of the molecule is COc1ccc(Cc2cc(C)[nH]c(=O)c2C#N)cc1. The monoisotopic (exact) mass is 254 g/mol. The fraction of sp³-hybridized carbons (Fsp3) is 0.200. The van der Waals surface area contributed by atoms with Gasteiger partial charge in [-0.15, -0.1) is 0 Å². The Hall–Kier alpha value is -2.54. The molecule has 0 bridgehead atoms. The molecule has 2 rings (SSSR count). The molecule has 1 aromatic heterocycles. The van der Waals surface area contributed by atoms with Gasteiger partial charge in [-0.25, -0.2) is 0 Å². The molecule has 0 saturated heterocycles. The first kappa shape index (κ1) is 12.9. The highest BCUT2D eigenvalue weighted by Gasteiger charge is 2.08. The Bertz CT molecular complexity index is 679. The van der Waals surface area contributed by atoms with Gasteiger partial charge in [0, 0.05) is 5.69 Å². The lowest BCUT2D eigenvalue weighted by molar-refractivity contribution is 0.414. The number of pyridine rings is 1. The molecule has 0 saturated carbocycles. The summed E-state index contributed by atoms with van der Waals surface area (Å²) < 4.78 is 5.10. The molecule has 4 nitrogen and oxygen atoms in total. The maximum absolute atomic E-state index is 11.7. The molecule has 1 heterocycles. The standard InChI is InChI=1S/C15H14N2O2/c1-10-7-12(14(9-16)15(18)17-10)8-11-3-5-13(19-2)6-4-11/h3-7H,8H2,1-2H3,(H,17,18). The Morgan fingerprint density at radius 2 is 2.00 bits per heavy atom. The second-order valence-electron chi connectivity index (χ2n) is 4.32. The first-order chi connectivity index (χ1) is 9.13.